The van der Waals surface area contributed by atoms with Crippen LogP contribution in [-0.4, -0.2) is 25.1 Å². The predicted molar refractivity (Wildman–Crippen MR) is 63.1 cm³/mol. The van der Waals surface area contributed by atoms with E-state index in [1.807, 2.05) is 6.92 Å². The Labute approximate surface area is 104 Å². The summed E-state index contributed by atoms with van der Waals surface area (Å²) in [5.74, 6) is -2.67. The zero-order valence-corrected chi connectivity index (χ0v) is 10.1. The first-order valence-electron chi connectivity index (χ1n) is 5.65. The van der Waals surface area contributed by atoms with Crippen LogP contribution in [-0.2, 0) is 4.79 Å². The van der Waals surface area contributed by atoms with Crippen molar-refractivity contribution in [3.05, 3.63) is 29.8 Å². The molecule has 0 bridgehead atoms. The fraction of sp³-hybridized carbons (Fsp3) is 0.417. The van der Waals surface area contributed by atoms with E-state index >= 15 is 0 Å². The lowest BCUT2D eigenvalue weighted by Crippen LogP contribution is -2.42. The standard InChI is InChI=1S/C12H16F2N2O2/c1-2-16-9(12(15)17)6-7-18-10-5-3-4-8(13)11(10)14/h3-5,9,16H,2,6-7H2,1H3,(H2,15,17). The Morgan fingerprint density at radius 3 is 2.83 bits per heavy atom. The van der Waals surface area contributed by atoms with Gasteiger partial charge in [0.1, 0.15) is 0 Å². The van der Waals surface area contributed by atoms with Crippen LogP contribution in [0.2, 0.25) is 0 Å². The van der Waals surface area contributed by atoms with Crippen molar-refractivity contribution in [2.45, 2.75) is 19.4 Å². The summed E-state index contributed by atoms with van der Waals surface area (Å²) in [7, 11) is 0. The molecule has 0 aromatic heterocycles. The molecular formula is C12H16F2N2O2. The van der Waals surface area contributed by atoms with E-state index < -0.39 is 23.6 Å². The Morgan fingerprint density at radius 1 is 1.50 bits per heavy atom. The third-order valence-corrected chi connectivity index (χ3v) is 2.37. The molecule has 1 unspecified atom stereocenters. The Hall–Kier alpha value is -1.69. The molecule has 0 aliphatic heterocycles. The van der Waals surface area contributed by atoms with Gasteiger partial charge in [0.15, 0.2) is 11.6 Å². The highest BCUT2D eigenvalue weighted by Gasteiger charge is 2.14. The molecule has 0 fully saturated rings. The van der Waals surface area contributed by atoms with Crippen molar-refractivity contribution in [1.82, 2.24) is 5.32 Å². The Kier molecular flexibility index (Phi) is 5.51. The molecule has 3 N–H and O–H groups in total. The van der Waals surface area contributed by atoms with E-state index in [2.05, 4.69) is 5.32 Å². The number of benzene rings is 1. The predicted octanol–water partition coefficient (Wildman–Crippen LogP) is 1.20. The molecule has 1 amide bonds. The minimum absolute atomic E-state index is 0.0704. The Bertz CT molecular complexity index is 413. The summed E-state index contributed by atoms with van der Waals surface area (Å²) in [5, 5.41) is 2.87. The summed E-state index contributed by atoms with van der Waals surface area (Å²) in [6.07, 6.45) is 0.291. The Morgan fingerprint density at radius 2 is 2.22 bits per heavy atom. The van der Waals surface area contributed by atoms with Crippen molar-refractivity contribution >= 4 is 5.91 Å². The number of halogens is 2. The van der Waals surface area contributed by atoms with Gasteiger partial charge in [-0.1, -0.05) is 13.0 Å². The van der Waals surface area contributed by atoms with Gasteiger partial charge in [0.2, 0.25) is 11.7 Å². The molecule has 1 rings (SSSR count). The first-order valence-corrected chi connectivity index (χ1v) is 5.65. The number of hydrogen-bond donors (Lipinski definition) is 2. The van der Waals surface area contributed by atoms with Gasteiger partial charge < -0.3 is 15.8 Å². The van der Waals surface area contributed by atoms with E-state index in [0.29, 0.717) is 13.0 Å². The number of amides is 1. The SMILES string of the molecule is CCNC(CCOc1cccc(F)c1F)C(N)=O. The molecule has 1 aromatic carbocycles. The molecule has 0 saturated heterocycles. The van der Waals surface area contributed by atoms with Gasteiger partial charge in [-0.15, -0.1) is 0 Å². The summed E-state index contributed by atoms with van der Waals surface area (Å²) in [6.45, 7) is 2.49. The Balaban J connectivity index is 2.50. The highest BCUT2D eigenvalue weighted by molar-refractivity contribution is 5.79. The van der Waals surface area contributed by atoms with E-state index in [0.717, 1.165) is 6.07 Å². The zero-order valence-electron chi connectivity index (χ0n) is 10.1. The molecule has 1 aromatic rings. The van der Waals surface area contributed by atoms with Crippen LogP contribution in [0.5, 0.6) is 5.75 Å². The lowest BCUT2D eigenvalue weighted by atomic mass is 10.2. The molecule has 0 aliphatic rings. The summed E-state index contributed by atoms with van der Waals surface area (Å²) < 4.78 is 31.2. The van der Waals surface area contributed by atoms with Gasteiger partial charge in [-0.3, -0.25) is 4.79 Å². The maximum Gasteiger partial charge on any atom is 0.234 e. The van der Waals surface area contributed by atoms with Crippen molar-refractivity contribution in [1.29, 1.82) is 0 Å². The maximum absolute atomic E-state index is 13.2. The van der Waals surface area contributed by atoms with Gasteiger partial charge in [0, 0.05) is 6.42 Å². The van der Waals surface area contributed by atoms with Crippen LogP contribution < -0.4 is 15.8 Å². The van der Waals surface area contributed by atoms with Gasteiger partial charge >= 0.3 is 0 Å². The summed E-state index contributed by atoms with van der Waals surface area (Å²) in [5.41, 5.74) is 5.17. The van der Waals surface area contributed by atoms with Crippen LogP contribution >= 0.6 is 0 Å². The maximum atomic E-state index is 13.2. The smallest absolute Gasteiger partial charge is 0.234 e. The third-order valence-electron chi connectivity index (χ3n) is 2.37. The number of carbonyl (C=O) groups is 1. The van der Waals surface area contributed by atoms with Crippen LogP contribution in [0.4, 0.5) is 8.78 Å². The van der Waals surface area contributed by atoms with Crippen LogP contribution in [0.1, 0.15) is 13.3 Å². The molecule has 6 heteroatoms. The molecule has 0 saturated carbocycles. The summed E-state index contributed by atoms with van der Waals surface area (Å²) in [4.78, 5) is 11.0. The quantitative estimate of drug-likeness (QED) is 0.772. The van der Waals surface area contributed by atoms with Crippen molar-refractivity contribution in [2.75, 3.05) is 13.2 Å². The minimum atomic E-state index is -1.03. The molecular weight excluding hydrogens is 242 g/mol. The number of nitrogens with one attached hydrogen (secondary N) is 1. The van der Waals surface area contributed by atoms with Crippen molar-refractivity contribution in [2.24, 2.45) is 5.73 Å². The van der Waals surface area contributed by atoms with Crippen molar-refractivity contribution in [3.63, 3.8) is 0 Å². The van der Waals surface area contributed by atoms with Gasteiger partial charge in [0.25, 0.3) is 0 Å². The number of primary amides is 1. The average Bonchev–Trinajstić information content (AvgIpc) is 2.33. The first kappa shape index (κ1) is 14.4. The van der Waals surface area contributed by atoms with Crippen LogP contribution in [0.25, 0.3) is 0 Å². The van der Waals surface area contributed by atoms with Gasteiger partial charge in [-0.05, 0) is 18.7 Å². The minimum Gasteiger partial charge on any atom is -0.490 e. The lowest BCUT2D eigenvalue weighted by molar-refractivity contribution is -0.120. The molecule has 0 radical (unpaired) electrons. The molecule has 0 heterocycles. The van der Waals surface area contributed by atoms with E-state index in [4.69, 9.17) is 10.5 Å². The normalized spacial score (nSPS) is 12.2. The average molecular weight is 258 g/mol. The third kappa shape index (κ3) is 3.96. The summed E-state index contributed by atoms with van der Waals surface area (Å²) >= 11 is 0. The van der Waals surface area contributed by atoms with Crippen LogP contribution in [0.3, 0.4) is 0 Å². The number of carbonyl (C=O) groups excluding carboxylic acids is 1. The van der Waals surface area contributed by atoms with E-state index in [9.17, 15) is 13.6 Å². The van der Waals surface area contributed by atoms with E-state index in [1.54, 1.807) is 0 Å². The largest absolute Gasteiger partial charge is 0.490 e. The fourth-order valence-corrected chi connectivity index (χ4v) is 1.47. The number of nitrogens with two attached hydrogens (primary N) is 1. The van der Waals surface area contributed by atoms with Crippen LogP contribution in [0.15, 0.2) is 18.2 Å². The highest BCUT2D eigenvalue weighted by Crippen LogP contribution is 2.19. The van der Waals surface area contributed by atoms with Crippen LogP contribution in [0, 0.1) is 11.6 Å². The number of rotatable bonds is 7. The van der Waals surface area contributed by atoms with Crippen molar-refractivity contribution in [3.8, 4) is 5.75 Å². The molecule has 0 aliphatic carbocycles. The molecule has 0 spiro atoms. The van der Waals surface area contributed by atoms with Gasteiger partial charge in [-0.2, -0.15) is 4.39 Å². The van der Waals surface area contributed by atoms with Crippen molar-refractivity contribution < 1.29 is 18.3 Å². The fourth-order valence-electron chi connectivity index (χ4n) is 1.47. The lowest BCUT2D eigenvalue weighted by Gasteiger charge is -2.14. The molecule has 4 nitrogen and oxygen atoms in total. The molecule has 100 valence electrons. The number of ether oxygens (including phenoxy) is 1. The molecule has 1 atom stereocenters. The topological polar surface area (TPSA) is 64.3 Å². The van der Waals surface area contributed by atoms with E-state index in [1.165, 1.54) is 12.1 Å². The zero-order chi connectivity index (χ0) is 13.5. The second kappa shape index (κ2) is 6.90. The second-order valence-electron chi connectivity index (χ2n) is 3.70. The second-order valence-corrected chi connectivity index (χ2v) is 3.70. The number of hydrogen-bond acceptors (Lipinski definition) is 3. The number of likely N-dealkylation sites (N-methyl/N-ethyl adjacent to an activating group) is 1. The van der Waals surface area contributed by atoms with E-state index in [-0.39, 0.29) is 12.4 Å². The van der Waals surface area contributed by atoms with Gasteiger partial charge in [0.05, 0.1) is 12.6 Å². The first-order chi connectivity index (χ1) is 8.56. The monoisotopic (exact) mass is 258 g/mol. The molecule has 18 heavy (non-hydrogen) atoms. The summed E-state index contributed by atoms with van der Waals surface area (Å²) in [6, 6.07) is 3.15. The van der Waals surface area contributed by atoms with Gasteiger partial charge in [-0.25, -0.2) is 4.39 Å². The highest BCUT2D eigenvalue weighted by atomic mass is 19.2.